The largest absolute Gasteiger partial charge is 0.358 e. The standard InChI is InChI=1S/C8H11BrN2O2S2/c9-7-4-14-8(11-7)10-6-2-1-3-15(12,13)5-6/h4,6H,1-3,5H2,(H,10,11). The summed E-state index contributed by atoms with van der Waals surface area (Å²) < 4.78 is 23.6. The first-order valence-electron chi connectivity index (χ1n) is 4.63. The van der Waals surface area contributed by atoms with Crippen LogP contribution in [0.25, 0.3) is 0 Å². The van der Waals surface area contributed by atoms with Gasteiger partial charge in [-0.1, -0.05) is 0 Å². The molecule has 1 N–H and O–H groups in total. The van der Waals surface area contributed by atoms with E-state index >= 15 is 0 Å². The highest BCUT2D eigenvalue weighted by Gasteiger charge is 2.24. The van der Waals surface area contributed by atoms with E-state index in [-0.39, 0.29) is 11.8 Å². The van der Waals surface area contributed by atoms with E-state index in [4.69, 9.17) is 0 Å². The summed E-state index contributed by atoms with van der Waals surface area (Å²) in [4.78, 5) is 4.18. The van der Waals surface area contributed by atoms with Gasteiger partial charge in [0.15, 0.2) is 15.0 Å². The second kappa shape index (κ2) is 4.39. The molecule has 0 aromatic carbocycles. The third-order valence-electron chi connectivity index (χ3n) is 2.27. The number of aromatic nitrogens is 1. The molecule has 1 aromatic heterocycles. The van der Waals surface area contributed by atoms with Crippen LogP contribution in [0.2, 0.25) is 0 Å². The predicted molar refractivity (Wildman–Crippen MR) is 65.1 cm³/mol. The summed E-state index contributed by atoms with van der Waals surface area (Å²) in [5, 5.41) is 5.81. The summed E-state index contributed by atoms with van der Waals surface area (Å²) in [6.45, 7) is 0. The van der Waals surface area contributed by atoms with E-state index in [1.165, 1.54) is 11.3 Å². The van der Waals surface area contributed by atoms with Crippen LogP contribution in [-0.4, -0.2) is 30.9 Å². The van der Waals surface area contributed by atoms with Gasteiger partial charge in [0.25, 0.3) is 0 Å². The van der Waals surface area contributed by atoms with E-state index < -0.39 is 9.84 Å². The topological polar surface area (TPSA) is 59.1 Å². The number of rotatable bonds is 2. The third-order valence-corrected chi connectivity index (χ3v) is 5.57. The molecule has 2 heterocycles. The van der Waals surface area contributed by atoms with Crippen LogP contribution in [0, 0.1) is 0 Å². The molecule has 2 rings (SSSR count). The molecule has 15 heavy (non-hydrogen) atoms. The molecule has 1 aliphatic rings. The van der Waals surface area contributed by atoms with E-state index in [0.717, 1.165) is 22.6 Å². The average molecular weight is 311 g/mol. The van der Waals surface area contributed by atoms with Gasteiger partial charge in [-0.3, -0.25) is 0 Å². The Morgan fingerprint density at radius 2 is 2.40 bits per heavy atom. The summed E-state index contributed by atoms with van der Waals surface area (Å²) in [5.41, 5.74) is 0. The fraction of sp³-hybridized carbons (Fsp3) is 0.625. The quantitative estimate of drug-likeness (QED) is 0.906. The summed E-state index contributed by atoms with van der Waals surface area (Å²) in [6.07, 6.45) is 1.64. The minimum atomic E-state index is -2.84. The molecular weight excluding hydrogens is 300 g/mol. The number of nitrogens with zero attached hydrogens (tertiary/aromatic N) is 1. The molecular formula is C8H11BrN2O2S2. The van der Waals surface area contributed by atoms with Crippen LogP contribution in [0.5, 0.6) is 0 Å². The number of halogens is 1. The van der Waals surface area contributed by atoms with Crippen molar-refractivity contribution in [3.05, 3.63) is 9.98 Å². The first kappa shape index (κ1) is 11.3. The second-order valence-corrected chi connectivity index (χ2v) is 7.47. The molecule has 0 aliphatic carbocycles. The Kier molecular flexibility index (Phi) is 3.32. The van der Waals surface area contributed by atoms with E-state index in [9.17, 15) is 8.42 Å². The van der Waals surface area contributed by atoms with Crippen LogP contribution in [0.4, 0.5) is 5.13 Å². The summed E-state index contributed by atoms with van der Waals surface area (Å²) >= 11 is 4.74. The first-order valence-corrected chi connectivity index (χ1v) is 8.12. The van der Waals surface area contributed by atoms with Crippen LogP contribution in [0.15, 0.2) is 9.98 Å². The molecule has 7 heteroatoms. The van der Waals surface area contributed by atoms with Crippen molar-refractivity contribution >= 4 is 42.2 Å². The number of anilines is 1. The Morgan fingerprint density at radius 3 is 3.00 bits per heavy atom. The maximum Gasteiger partial charge on any atom is 0.183 e. The van der Waals surface area contributed by atoms with Crippen molar-refractivity contribution in [2.45, 2.75) is 18.9 Å². The highest BCUT2D eigenvalue weighted by Crippen LogP contribution is 2.22. The van der Waals surface area contributed by atoms with E-state index in [2.05, 4.69) is 26.2 Å². The van der Waals surface area contributed by atoms with Crippen molar-refractivity contribution in [3.63, 3.8) is 0 Å². The summed E-state index contributed by atoms with van der Waals surface area (Å²) in [7, 11) is -2.84. The van der Waals surface area contributed by atoms with Crippen molar-refractivity contribution in [2.75, 3.05) is 16.8 Å². The molecule has 0 amide bonds. The zero-order chi connectivity index (χ0) is 10.9. The molecule has 1 aliphatic heterocycles. The Morgan fingerprint density at radius 1 is 1.60 bits per heavy atom. The lowest BCUT2D eigenvalue weighted by Crippen LogP contribution is -2.34. The molecule has 0 bridgehead atoms. The van der Waals surface area contributed by atoms with Gasteiger partial charge >= 0.3 is 0 Å². The molecule has 1 saturated heterocycles. The fourth-order valence-corrected chi connectivity index (χ4v) is 4.49. The Labute approximate surface area is 101 Å². The van der Waals surface area contributed by atoms with Gasteiger partial charge in [0, 0.05) is 11.4 Å². The van der Waals surface area contributed by atoms with Crippen molar-refractivity contribution < 1.29 is 8.42 Å². The van der Waals surface area contributed by atoms with E-state index in [1.807, 2.05) is 5.38 Å². The Hall–Kier alpha value is -0.140. The first-order chi connectivity index (χ1) is 7.05. The molecule has 4 nitrogen and oxygen atoms in total. The minimum Gasteiger partial charge on any atom is -0.358 e. The number of hydrogen-bond acceptors (Lipinski definition) is 5. The molecule has 0 spiro atoms. The zero-order valence-corrected chi connectivity index (χ0v) is 11.2. The van der Waals surface area contributed by atoms with Crippen LogP contribution in [0.3, 0.4) is 0 Å². The lowest BCUT2D eigenvalue weighted by molar-refractivity contribution is 0.562. The number of nitrogens with one attached hydrogen (secondary N) is 1. The monoisotopic (exact) mass is 310 g/mol. The predicted octanol–water partition coefficient (Wildman–Crippen LogP) is 1.89. The van der Waals surface area contributed by atoms with E-state index in [0.29, 0.717) is 5.75 Å². The maximum atomic E-state index is 11.4. The van der Waals surface area contributed by atoms with Crippen LogP contribution >= 0.6 is 27.3 Å². The number of sulfone groups is 1. The highest BCUT2D eigenvalue weighted by atomic mass is 79.9. The highest BCUT2D eigenvalue weighted by molar-refractivity contribution is 9.10. The lowest BCUT2D eigenvalue weighted by atomic mass is 10.2. The maximum absolute atomic E-state index is 11.4. The SMILES string of the molecule is O=S1(=O)CCCC(Nc2nc(Br)cs2)C1. The molecule has 0 radical (unpaired) electrons. The van der Waals surface area contributed by atoms with Crippen LogP contribution < -0.4 is 5.32 Å². The zero-order valence-electron chi connectivity index (χ0n) is 7.94. The van der Waals surface area contributed by atoms with Gasteiger partial charge in [0.2, 0.25) is 0 Å². The van der Waals surface area contributed by atoms with E-state index in [1.54, 1.807) is 0 Å². The average Bonchev–Trinajstić information content (AvgIpc) is 2.49. The van der Waals surface area contributed by atoms with Gasteiger partial charge in [-0.25, -0.2) is 13.4 Å². The van der Waals surface area contributed by atoms with Gasteiger partial charge in [-0.2, -0.15) is 0 Å². The van der Waals surface area contributed by atoms with Crippen LogP contribution in [-0.2, 0) is 9.84 Å². The molecule has 0 saturated carbocycles. The fourth-order valence-electron chi connectivity index (χ4n) is 1.63. The Bertz CT molecular complexity index is 443. The third kappa shape index (κ3) is 3.15. The van der Waals surface area contributed by atoms with Gasteiger partial charge in [-0.15, -0.1) is 11.3 Å². The normalized spacial score (nSPS) is 25.0. The number of hydrogen-bond donors (Lipinski definition) is 1. The van der Waals surface area contributed by atoms with Crippen molar-refractivity contribution in [3.8, 4) is 0 Å². The van der Waals surface area contributed by atoms with Gasteiger partial charge in [0.05, 0.1) is 11.5 Å². The van der Waals surface area contributed by atoms with Crippen molar-refractivity contribution in [2.24, 2.45) is 0 Å². The van der Waals surface area contributed by atoms with Crippen molar-refractivity contribution in [1.82, 2.24) is 4.98 Å². The lowest BCUT2D eigenvalue weighted by Gasteiger charge is -2.22. The van der Waals surface area contributed by atoms with Crippen LogP contribution in [0.1, 0.15) is 12.8 Å². The smallest absolute Gasteiger partial charge is 0.183 e. The van der Waals surface area contributed by atoms with Crippen molar-refractivity contribution in [1.29, 1.82) is 0 Å². The molecule has 1 aromatic rings. The van der Waals surface area contributed by atoms with Gasteiger partial charge in [-0.05, 0) is 28.8 Å². The molecule has 1 fully saturated rings. The molecule has 84 valence electrons. The number of thiazole rings is 1. The van der Waals surface area contributed by atoms with Gasteiger partial charge in [0.1, 0.15) is 4.60 Å². The molecule has 1 unspecified atom stereocenters. The Balaban J connectivity index is 2.01. The summed E-state index contributed by atoms with van der Waals surface area (Å²) in [5.74, 6) is 0.553. The minimum absolute atomic E-state index is 0.0156. The second-order valence-electron chi connectivity index (χ2n) is 3.57. The van der Waals surface area contributed by atoms with Gasteiger partial charge < -0.3 is 5.32 Å². The summed E-state index contributed by atoms with van der Waals surface area (Å²) in [6, 6.07) is 0.0156. The molecule has 1 atom stereocenters.